The topological polar surface area (TPSA) is 59.0 Å². The van der Waals surface area contributed by atoms with Crippen molar-refractivity contribution in [3.63, 3.8) is 0 Å². The van der Waals surface area contributed by atoms with Gasteiger partial charge < -0.3 is 19.5 Å². The average molecular weight is 387 g/mol. The molecule has 0 aromatic heterocycles. The molecular weight excluding hydrogens is 361 g/mol. The van der Waals surface area contributed by atoms with Crippen molar-refractivity contribution in [3.05, 3.63) is 59.4 Å². The van der Waals surface area contributed by atoms with E-state index in [1.807, 2.05) is 24.3 Å². The lowest BCUT2D eigenvalue weighted by Gasteiger charge is -2.27. The van der Waals surface area contributed by atoms with E-state index in [4.69, 9.17) is 9.47 Å². The van der Waals surface area contributed by atoms with E-state index in [1.54, 1.807) is 18.0 Å². The molecular formula is C22H26FNO4. The van der Waals surface area contributed by atoms with Crippen LogP contribution in [0.5, 0.6) is 5.75 Å². The Hall–Kier alpha value is -2.44. The molecule has 1 N–H and O–H groups in total. The fourth-order valence-corrected chi connectivity index (χ4v) is 3.31. The molecule has 0 radical (unpaired) electrons. The Kier molecular flexibility index (Phi) is 6.65. The van der Waals surface area contributed by atoms with Gasteiger partial charge in [0.25, 0.3) is 0 Å². The van der Waals surface area contributed by atoms with E-state index in [-0.39, 0.29) is 18.4 Å². The zero-order valence-electron chi connectivity index (χ0n) is 16.2. The van der Waals surface area contributed by atoms with E-state index in [9.17, 15) is 14.3 Å². The fraction of sp³-hybridized carbons (Fsp3) is 0.409. The molecule has 1 fully saturated rings. The second-order valence-corrected chi connectivity index (χ2v) is 7.15. The standard InChI is InChI=1S/C22H26FNO4/c1-15(25)24(2)20-5-3-16(4-6-20)14-28-21-12-18(11-19(23)13-21)22(26)17-7-9-27-10-8-17/h3-6,11-13,17,22,26H,7-10,14H2,1-2H3. The predicted octanol–water partition coefficient (Wildman–Crippen LogP) is 3.85. The molecule has 150 valence electrons. The van der Waals surface area contributed by atoms with E-state index in [0.717, 1.165) is 24.1 Å². The number of aliphatic hydroxyl groups is 1. The summed E-state index contributed by atoms with van der Waals surface area (Å²) < 4.78 is 25.1. The molecule has 1 amide bonds. The van der Waals surface area contributed by atoms with Gasteiger partial charge in [-0.05, 0) is 54.2 Å². The summed E-state index contributed by atoms with van der Waals surface area (Å²) in [6.45, 7) is 3.01. The highest BCUT2D eigenvalue weighted by Crippen LogP contribution is 2.32. The van der Waals surface area contributed by atoms with Crippen LogP contribution in [0.2, 0.25) is 0 Å². The van der Waals surface area contributed by atoms with Crippen LogP contribution < -0.4 is 9.64 Å². The Morgan fingerprint density at radius 2 is 1.93 bits per heavy atom. The number of hydrogen-bond acceptors (Lipinski definition) is 4. The Labute approximate surface area is 164 Å². The van der Waals surface area contributed by atoms with Crippen LogP contribution in [0.25, 0.3) is 0 Å². The lowest BCUT2D eigenvalue weighted by Crippen LogP contribution is -2.22. The molecule has 1 atom stereocenters. The van der Waals surface area contributed by atoms with Crippen molar-refractivity contribution in [1.82, 2.24) is 0 Å². The van der Waals surface area contributed by atoms with Crippen LogP contribution in [-0.2, 0) is 16.1 Å². The first-order valence-corrected chi connectivity index (χ1v) is 9.46. The summed E-state index contributed by atoms with van der Waals surface area (Å²) in [4.78, 5) is 13.0. The SMILES string of the molecule is CC(=O)N(C)c1ccc(COc2cc(F)cc(C(O)C3CCOCC3)c2)cc1. The lowest BCUT2D eigenvalue weighted by atomic mass is 9.89. The van der Waals surface area contributed by atoms with Crippen molar-refractivity contribution >= 4 is 11.6 Å². The van der Waals surface area contributed by atoms with Gasteiger partial charge in [-0.3, -0.25) is 4.79 Å². The number of carbonyl (C=O) groups is 1. The van der Waals surface area contributed by atoms with E-state index < -0.39 is 11.9 Å². The van der Waals surface area contributed by atoms with Crippen LogP contribution in [0, 0.1) is 11.7 Å². The van der Waals surface area contributed by atoms with Gasteiger partial charge in [-0.1, -0.05) is 12.1 Å². The summed E-state index contributed by atoms with van der Waals surface area (Å²) in [6.07, 6.45) is 0.785. The van der Waals surface area contributed by atoms with Gasteiger partial charge in [0.05, 0.1) is 6.10 Å². The van der Waals surface area contributed by atoms with Gasteiger partial charge in [-0.25, -0.2) is 4.39 Å². The van der Waals surface area contributed by atoms with E-state index >= 15 is 0 Å². The highest BCUT2D eigenvalue weighted by atomic mass is 19.1. The molecule has 1 saturated heterocycles. The van der Waals surface area contributed by atoms with Crippen LogP contribution in [0.4, 0.5) is 10.1 Å². The maximum Gasteiger partial charge on any atom is 0.223 e. The predicted molar refractivity (Wildman–Crippen MR) is 105 cm³/mol. The summed E-state index contributed by atoms with van der Waals surface area (Å²) in [5.41, 5.74) is 2.22. The van der Waals surface area contributed by atoms with Crippen molar-refractivity contribution in [1.29, 1.82) is 0 Å². The molecule has 2 aromatic carbocycles. The molecule has 6 heteroatoms. The Morgan fingerprint density at radius 3 is 2.57 bits per heavy atom. The van der Waals surface area contributed by atoms with Gasteiger partial charge in [-0.15, -0.1) is 0 Å². The minimum absolute atomic E-state index is 0.0422. The molecule has 0 aliphatic carbocycles. The minimum atomic E-state index is -0.733. The van der Waals surface area contributed by atoms with Gasteiger partial charge in [0.1, 0.15) is 18.2 Å². The first kappa shape index (κ1) is 20.3. The third-order valence-corrected chi connectivity index (χ3v) is 5.15. The molecule has 1 aliphatic heterocycles. The minimum Gasteiger partial charge on any atom is -0.489 e. The third kappa shape index (κ3) is 5.09. The Morgan fingerprint density at radius 1 is 1.25 bits per heavy atom. The molecule has 1 unspecified atom stereocenters. The van der Waals surface area contributed by atoms with Gasteiger partial charge in [0.2, 0.25) is 5.91 Å². The monoisotopic (exact) mass is 387 g/mol. The quantitative estimate of drug-likeness (QED) is 0.818. The first-order valence-electron chi connectivity index (χ1n) is 9.46. The number of amides is 1. The van der Waals surface area contributed by atoms with Crippen molar-refractivity contribution < 1.29 is 23.8 Å². The van der Waals surface area contributed by atoms with Crippen molar-refractivity contribution in [2.45, 2.75) is 32.5 Å². The number of hydrogen-bond donors (Lipinski definition) is 1. The van der Waals surface area contributed by atoms with E-state index in [2.05, 4.69) is 0 Å². The summed E-state index contributed by atoms with van der Waals surface area (Å²) in [7, 11) is 1.71. The zero-order valence-corrected chi connectivity index (χ0v) is 16.2. The Bertz CT molecular complexity index is 803. The van der Waals surface area contributed by atoms with E-state index in [1.165, 1.54) is 19.1 Å². The number of nitrogens with zero attached hydrogens (tertiary/aromatic N) is 1. The zero-order chi connectivity index (χ0) is 20.1. The second-order valence-electron chi connectivity index (χ2n) is 7.15. The highest BCUT2D eigenvalue weighted by Gasteiger charge is 2.24. The van der Waals surface area contributed by atoms with Crippen LogP contribution in [0.3, 0.4) is 0 Å². The summed E-state index contributed by atoms with van der Waals surface area (Å²) in [5.74, 6) is -0.0309. The smallest absolute Gasteiger partial charge is 0.223 e. The van der Waals surface area contributed by atoms with Gasteiger partial charge >= 0.3 is 0 Å². The molecule has 5 nitrogen and oxygen atoms in total. The van der Waals surface area contributed by atoms with Crippen LogP contribution in [0.15, 0.2) is 42.5 Å². The number of ether oxygens (including phenoxy) is 2. The summed E-state index contributed by atoms with van der Waals surface area (Å²) in [6, 6.07) is 11.8. The van der Waals surface area contributed by atoms with Gasteiger partial charge in [0, 0.05) is 38.9 Å². The molecule has 0 spiro atoms. The Balaban J connectivity index is 1.65. The molecule has 1 aliphatic rings. The van der Waals surface area contributed by atoms with Crippen molar-refractivity contribution in [2.24, 2.45) is 5.92 Å². The molecule has 2 aromatic rings. The summed E-state index contributed by atoms with van der Waals surface area (Å²) in [5, 5.41) is 10.6. The second kappa shape index (κ2) is 9.17. The van der Waals surface area contributed by atoms with Crippen LogP contribution in [0.1, 0.15) is 37.0 Å². The third-order valence-electron chi connectivity index (χ3n) is 5.15. The first-order chi connectivity index (χ1) is 13.4. The van der Waals surface area contributed by atoms with Crippen molar-refractivity contribution in [2.75, 3.05) is 25.2 Å². The van der Waals surface area contributed by atoms with E-state index in [0.29, 0.717) is 24.5 Å². The normalized spacial score (nSPS) is 15.9. The van der Waals surface area contributed by atoms with Gasteiger partial charge in [-0.2, -0.15) is 0 Å². The maximum absolute atomic E-state index is 14.0. The molecule has 0 bridgehead atoms. The fourth-order valence-electron chi connectivity index (χ4n) is 3.31. The maximum atomic E-state index is 14.0. The number of anilines is 1. The molecule has 0 saturated carbocycles. The number of rotatable bonds is 6. The number of aliphatic hydroxyl groups excluding tert-OH is 1. The number of benzene rings is 2. The van der Waals surface area contributed by atoms with Gasteiger partial charge in [0.15, 0.2) is 0 Å². The molecule has 1 heterocycles. The summed E-state index contributed by atoms with van der Waals surface area (Å²) >= 11 is 0. The van der Waals surface area contributed by atoms with Crippen molar-refractivity contribution in [3.8, 4) is 5.75 Å². The number of halogens is 1. The number of carbonyl (C=O) groups excluding carboxylic acids is 1. The molecule has 3 rings (SSSR count). The van der Waals surface area contributed by atoms with Crippen LogP contribution in [-0.4, -0.2) is 31.3 Å². The lowest BCUT2D eigenvalue weighted by molar-refractivity contribution is -0.116. The molecule has 28 heavy (non-hydrogen) atoms. The average Bonchev–Trinajstić information content (AvgIpc) is 2.71. The highest BCUT2D eigenvalue weighted by molar-refractivity contribution is 5.90. The largest absolute Gasteiger partial charge is 0.489 e. The van der Waals surface area contributed by atoms with Crippen LogP contribution >= 0.6 is 0 Å².